The first-order chi connectivity index (χ1) is 15.5. The van der Waals surface area contributed by atoms with Gasteiger partial charge in [0.05, 0.1) is 11.2 Å². The fraction of sp³-hybridized carbons (Fsp3) is 0.160. The van der Waals surface area contributed by atoms with Gasteiger partial charge in [-0.1, -0.05) is 30.3 Å². The summed E-state index contributed by atoms with van der Waals surface area (Å²) in [4.78, 5) is 15.4. The summed E-state index contributed by atoms with van der Waals surface area (Å²) in [7, 11) is 0. The van der Waals surface area contributed by atoms with Gasteiger partial charge in [0.15, 0.2) is 5.69 Å². The van der Waals surface area contributed by atoms with Crippen LogP contribution >= 0.6 is 22.6 Å². The molecule has 4 aromatic rings. The van der Waals surface area contributed by atoms with Crippen molar-refractivity contribution < 1.29 is 9.90 Å². The minimum atomic E-state index is -0.113. The highest BCUT2D eigenvalue weighted by atomic mass is 127. The fourth-order valence-corrected chi connectivity index (χ4v) is 3.92. The van der Waals surface area contributed by atoms with Gasteiger partial charge in [-0.25, -0.2) is 0 Å². The Hall–Kier alpha value is -3.20. The SMILES string of the molecule is CC(CCc1ccccc1)NC(=O)c1ccc(N=Nc2c(O)[nH]c3ccc(I)cc23)cc1. The molecule has 1 heterocycles. The third-order valence-corrected chi connectivity index (χ3v) is 5.87. The first kappa shape index (κ1) is 22.0. The van der Waals surface area contributed by atoms with Gasteiger partial charge in [-0.15, -0.1) is 5.11 Å². The average Bonchev–Trinajstić information content (AvgIpc) is 3.11. The number of amides is 1. The second-order valence-corrected chi connectivity index (χ2v) is 8.90. The molecule has 0 fully saturated rings. The molecule has 0 saturated carbocycles. The Morgan fingerprint density at radius 1 is 1.06 bits per heavy atom. The molecular formula is C25H23IN4O2. The second-order valence-electron chi connectivity index (χ2n) is 7.66. The van der Waals surface area contributed by atoms with Crippen molar-refractivity contribution in [3.63, 3.8) is 0 Å². The van der Waals surface area contributed by atoms with Crippen LogP contribution in [-0.4, -0.2) is 22.0 Å². The summed E-state index contributed by atoms with van der Waals surface area (Å²) in [5, 5.41) is 22.4. The van der Waals surface area contributed by atoms with Crippen LogP contribution < -0.4 is 5.32 Å². The molecule has 0 bridgehead atoms. The molecule has 7 heteroatoms. The Kier molecular flexibility index (Phi) is 6.84. The van der Waals surface area contributed by atoms with Crippen LogP contribution in [0.3, 0.4) is 0 Å². The molecular weight excluding hydrogens is 515 g/mol. The van der Waals surface area contributed by atoms with Gasteiger partial charge in [0.1, 0.15) is 0 Å². The summed E-state index contributed by atoms with van der Waals surface area (Å²) < 4.78 is 1.04. The van der Waals surface area contributed by atoms with Crippen LogP contribution in [0.4, 0.5) is 11.4 Å². The molecule has 0 aliphatic rings. The number of H-pyrrole nitrogens is 1. The number of aromatic nitrogens is 1. The first-order valence-electron chi connectivity index (χ1n) is 10.4. The molecule has 0 aliphatic carbocycles. The van der Waals surface area contributed by atoms with E-state index in [2.05, 4.69) is 55.3 Å². The lowest BCUT2D eigenvalue weighted by Gasteiger charge is -2.14. The highest BCUT2D eigenvalue weighted by Gasteiger charge is 2.12. The zero-order valence-electron chi connectivity index (χ0n) is 17.5. The van der Waals surface area contributed by atoms with E-state index in [1.165, 1.54) is 5.56 Å². The van der Waals surface area contributed by atoms with Gasteiger partial charge in [0.25, 0.3) is 5.91 Å². The molecule has 3 N–H and O–H groups in total. The second kappa shape index (κ2) is 9.95. The van der Waals surface area contributed by atoms with E-state index >= 15 is 0 Å². The van der Waals surface area contributed by atoms with E-state index in [0.717, 1.165) is 27.3 Å². The van der Waals surface area contributed by atoms with Gasteiger partial charge in [-0.3, -0.25) is 4.79 Å². The predicted molar refractivity (Wildman–Crippen MR) is 135 cm³/mol. The number of nitrogens with one attached hydrogen (secondary N) is 2. The summed E-state index contributed by atoms with van der Waals surface area (Å²) >= 11 is 2.21. The van der Waals surface area contributed by atoms with Crippen molar-refractivity contribution in [3.8, 4) is 5.88 Å². The van der Waals surface area contributed by atoms with Crippen LogP contribution in [0.1, 0.15) is 29.3 Å². The van der Waals surface area contributed by atoms with E-state index in [0.29, 0.717) is 16.9 Å². The number of benzene rings is 3. The smallest absolute Gasteiger partial charge is 0.251 e. The molecule has 162 valence electrons. The van der Waals surface area contributed by atoms with E-state index in [1.807, 2.05) is 43.3 Å². The normalized spacial score (nSPS) is 12.3. The number of hydrogen-bond donors (Lipinski definition) is 3. The van der Waals surface area contributed by atoms with Crippen LogP contribution in [0.5, 0.6) is 5.88 Å². The number of aromatic hydroxyl groups is 1. The van der Waals surface area contributed by atoms with Crippen LogP contribution in [0, 0.1) is 3.57 Å². The van der Waals surface area contributed by atoms with Gasteiger partial charge in [0.2, 0.25) is 5.88 Å². The summed E-state index contributed by atoms with van der Waals surface area (Å²) in [6.45, 7) is 2.01. The van der Waals surface area contributed by atoms with Gasteiger partial charge >= 0.3 is 0 Å². The zero-order valence-corrected chi connectivity index (χ0v) is 19.7. The van der Waals surface area contributed by atoms with E-state index < -0.39 is 0 Å². The maximum Gasteiger partial charge on any atom is 0.251 e. The number of hydrogen-bond acceptors (Lipinski definition) is 4. The minimum Gasteiger partial charge on any atom is -0.493 e. The maximum absolute atomic E-state index is 12.5. The van der Waals surface area contributed by atoms with Gasteiger partial charge in [0, 0.05) is 20.6 Å². The molecule has 0 radical (unpaired) electrons. The maximum atomic E-state index is 12.5. The average molecular weight is 538 g/mol. The van der Waals surface area contributed by atoms with Gasteiger partial charge in [-0.2, -0.15) is 5.11 Å². The standard InChI is InChI=1S/C25H23IN4O2/c1-16(7-8-17-5-3-2-4-6-17)27-24(31)18-9-12-20(13-10-18)29-30-23-21-15-19(26)11-14-22(21)28-25(23)32/h2-6,9-16,28,32H,7-8H2,1H3,(H,27,31). The van der Waals surface area contributed by atoms with Crippen molar-refractivity contribution in [3.05, 3.63) is 87.5 Å². The van der Waals surface area contributed by atoms with E-state index in [1.54, 1.807) is 24.3 Å². The quantitative estimate of drug-likeness (QED) is 0.182. The van der Waals surface area contributed by atoms with Crippen LogP contribution in [0.15, 0.2) is 83.0 Å². The Balaban J connectivity index is 1.38. The minimum absolute atomic E-state index is 0.0220. The van der Waals surface area contributed by atoms with E-state index in [9.17, 15) is 9.90 Å². The molecule has 1 unspecified atom stereocenters. The molecule has 1 atom stereocenters. The lowest BCUT2D eigenvalue weighted by molar-refractivity contribution is 0.0938. The van der Waals surface area contributed by atoms with Gasteiger partial charge < -0.3 is 15.4 Å². The topological polar surface area (TPSA) is 89.8 Å². The summed E-state index contributed by atoms with van der Waals surface area (Å²) in [5.41, 5.74) is 3.62. The van der Waals surface area contributed by atoms with Crippen molar-refractivity contribution in [1.82, 2.24) is 10.3 Å². The third-order valence-electron chi connectivity index (χ3n) is 5.20. The van der Waals surface area contributed by atoms with Crippen LogP contribution in [0.25, 0.3) is 10.9 Å². The van der Waals surface area contributed by atoms with Crippen molar-refractivity contribution in [1.29, 1.82) is 0 Å². The van der Waals surface area contributed by atoms with Crippen molar-refractivity contribution >= 4 is 50.8 Å². The highest BCUT2D eigenvalue weighted by molar-refractivity contribution is 14.1. The monoisotopic (exact) mass is 538 g/mol. The Morgan fingerprint density at radius 3 is 2.56 bits per heavy atom. The number of halogens is 1. The van der Waals surface area contributed by atoms with Crippen molar-refractivity contribution in [2.75, 3.05) is 0 Å². The molecule has 0 spiro atoms. The number of rotatable bonds is 7. The number of fused-ring (bicyclic) bond motifs is 1. The number of carbonyl (C=O) groups excluding carboxylic acids is 1. The Bertz CT molecular complexity index is 1250. The third kappa shape index (κ3) is 5.34. The number of carbonyl (C=O) groups is 1. The summed E-state index contributed by atoms with van der Waals surface area (Å²) in [5.74, 6) is -0.135. The largest absolute Gasteiger partial charge is 0.493 e. The molecule has 0 aliphatic heterocycles. The number of azo groups is 1. The molecule has 32 heavy (non-hydrogen) atoms. The molecule has 0 saturated heterocycles. The molecule has 6 nitrogen and oxygen atoms in total. The van der Waals surface area contributed by atoms with Gasteiger partial charge in [-0.05, 0) is 90.4 Å². The Labute approximate surface area is 199 Å². The van der Waals surface area contributed by atoms with E-state index in [-0.39, 0.29) is 17.8 Å². The first-order valence-corrected chi connectivity index (χ1v) is 11.4. The summed E-state index contributed by atoms with van der Waals surface area (Å²) in [6, 6.07) is 23.0. The van der Waals surface area contributed by atoms with Crippen molar-refractivity contribution in [2.45, 2.75) is 25.8 Å². The van der Waals surface area contributed by atoms with E-state index in [4.69, 9.17) is 0 Å². The molecule has 3 aromatic carbocycles. The number of aromatic amines is 1. The molecule has 4 rings (SSSR count). The fourth-order valence-electron chi connectivity index (χ4n) is 3.43. The number of nitrogens with zero attached hydrogens (tertiary/aromatic N) is 2. The van der Waals surface area contributed by atoms with Crippen LogP contribution in [0.2, 0.25) is 0 Å². The highest BCUT2D eigenvalue weighted by Crippen LogP contribution is 2.37. The summed E-state index contributed by atoms with van der Waals surface area (Å²) in [6.07, 6.45) is 1.79. The molecule has 1 amide bonds. The van der Waals surface area contributed by atoms with Crippen LogP contribution in [-0.2, 0) is 6.42 Å². The number of aryl methyl sites for hydroxylation is 1. The predicted octanol–water partition coefficient (Wildman–Crippen LogP) is 6.64. The zero-order chi connectivity index (χ0) is 22.5. The lowest BCUT2D eigenvalue weighted by Crippen LogP contribution is -2.32. The lowest BCUT2D eigenvalue weighted by atomic mass is 10.1. The Morgan fingerprint density at radius 2 is 1.81 bits per heavy atom. The van der Waals surface area contributed by atoms with Crippen molar-refractivity contribution in [2.24, 2.45) is 10.2 Å². The molecule has 1 aromatic heterocycles.